The van der Waals surface area contributed by atoms with Crippen molar-refractivity contribution < 1.29 is 4.79 Å². The molecule has 2 heterocycles. The van der Waals surface area contributed by atoms with Crippen LogP contribution in [0.4, 0.5) is 5.13 Å². The van der Waals surface area contributed by atoms with Gasteiger partial charge in [0.25, 0.3) is 5.91 Å². The molecule has 0 unspecified atom stereocenters. The van der Waals surface area contributed by atoms with Crippen LogP contribution < -0.4 is 11.1 Å². The summed E-state index contributed by atoms with van der Waals surface area (Å²) in [4.78, 5) is 16.7. The summed E-state index contributed by atoms with van der Waals surface area (Å²) in [6.45, 7) is 0.622. The lowest BCUT2D eigenvalue weighted by atomic mass is 10.3. The van der Waals surface area contributed by atoms with Crippen molar-refractivity contribution in [2.24, 2.45) is 0 Å². The molecule has 0 saturated carbocycles. The molecule has 2 aromatic heterocycles. The van der Waals surface area contributed by atoms with Gasteiger partial charge in [0.15, 0.2) is 5.13 Å². The molecule has 2 aromatic rings. The van der Waals surface area contributed by atoms with Gasteiger partial charge in [0.2, 0.25) is 0 Å². The van der Waals surface area contributed by atoms with Gasteiger partial charge >= 0.3 is 0 Å². The summed E-state index contributed by atoms with van der Waals surface area (Å²) in [6, 6.07) is 4.06. The zero-order chi connectivity index (χ0) is 11.4. The number of carbonyl (C=O) groups excluding carboxylic acids is 1. The molecule has 0 saturated heterocycles. The highest BCUT2D eigenvalue weighted by Gasteiger charge is 2.08. The van der Waals surface area contributed by atoms with E-state index in [2.05, 4.69) is 16.4 Å². The molecule has 0 fully saturated rings. The predicted octanol–water partition coefficient (Wildman–Crippen LogP) is 1.76. The number of thiazole rings is 1. The molecule has 84 valence electrons. The molecule has 4 nitrogen and oxygen atoms in total. The third kappa shape index (κ3) is 2.80. The zero-order valence-electron chi connectivity index (χ0n) is 8.47. The van der Waals surface area contributed by atoms with E-state index in [1.807, 2.05) is 11.4 Å². The van der Waals surface area contributed by atoms with Crippen LogP contribution in [0.25, 0.3) is 0 Å². The van der Waals surface area contributed by atoms with Crippen molar-refractivity contribution in [1.29, 1.82) is 0 Å². The second-order valence-corrected chi connectivity index (χ2v) is 5.08. The van der Waals surface area contributed by atoms with Crippen LogP contribution in [0.3, 0.4) is 0 Å². The molecular weight excluding hydrogens is 242 g/mol. The summed E-state index contributed by atoms with van der Waals surface area (Å²) in [5, 5.41) is 6.92. The number of nitrogens with zero attached hydrogens (tertiary/aromatic N) is 1. The smallest absolute Gasteiger partial charge is 0.270 e. The maximum Gasteiger partial charge on any atom is 0.270 e. The van der Waals surface area contributed by atoms with E-state index in [-0.39, 0.29) is 5.91 Å². The molecule has 0 aliphatic rings. The lowest BCUT2D eigenvalue weighted by molar-refractivity contribution is 0.0950. The Morgan fingerprint density at radius 3 is 3.00 bits per heavy atom. The number of hydrogen-bond acceptors (Lipinski definition) is 5. The lowest BCUT2D eigenvalue weighted by Gasteiger charge is -2.01. The summed E-state index contributed by atoms with van der Waals surface area (Å²) < 4.78 is 0. The Labute approximate surface area is 101 Å². The Morgan fingerprint density at radius 2 is 2.38 bits per heavy atom. The summed E-state index contributed by atoms with van der Waals surface area (Å²) in [6.07, 6.45) is 0.850. The third-order valence-corrected chi connectivity index (χ3v) is 3.60. The average Bonchev–Trinajstić information content (AvgIpc) is 2.89. The zero-order valence-corrected chi connectivity index (χ0v) is 10.1. The van der Waals surface area contributed by atoms with E-state index >= 15 is 0 Å². The van der Waals surface area contributed by atoms with Gasteiger partial charge in [0.1, 0.15) is 5.69 Å². The molecule has 2 rings (SSSR count). The Bertz CT molecular complexity index is 464. The molecule has 0 aliphatic carbocycles. The largest absolute Gasteiger partial charge is 0.375 e. The first-order valence-corrected chi connectivity index (χ1v) is 6.53. The second-order valence-electron chi connectivity index (χ2n) is 3.16. The number of amides is 1. The molecule has 0 radical (unpaired) electrons. The Balaban J connectivity index is 1.80. The Morgan fingerprint density at radius 1 is 1.50 bits per heavy atom. The number of nitrogens with two attached hydrogens (primary N) is 1. The molecule has 0 spiro atoms. The molecular formula is C10H11N3OS2. The molecule has 6 heteroatoms. The highest BCUT2D eigenvalue weighted by molar-refractivity contribution is 7.13. The number of thiophene rings is 1. The predicted molar refractivity (Wildman–Crippen MR) is 66.9 cm³/mol. The quantitative estimate of drug-likeness (QED) is 0.872. The van der Waals surface area contributed by atoms with Crippen LogP contribution in [0.1, 0.15) is 15.4 Å². The number of aromatic nitrogens is 1. The number of rotatable bonds is 4. The van der Waals surface area contributed by atoms with Crippen LogP contribution in [0.2, 0.25) is 0 Å². The van der Waals surface area contributed by atoms with Crippen molar-refractivity contribution in [2.45, 2.75) is 6.42 Å². The minimum absolute atomic E-state index is 0.162. The first-order valence-electron chi connectivity index (χ1n) is 4.77. The van der Waals surface area contributed by atoms with Crippen molar-refractivity contribution in [3.63, 3.8) is 0 Å². The Kier molecular flexibility index (Phi) is 3.53. The van der Waals surface area contributed by atoms with E-state index in [1.54, 1.807) is 16.7 Å². The summed E-state index contributed by atoms with van der Waals surface area (Å²) >= 11 is 2.96. The van der Waals surface area contributed by atoms with Crippen molar-refractivity contribution in [3.05, 3.63) is 33.5 Å². The molecule has 0 aromatic carbocycles. The van der Waals surface area contributed by atoms with Gasteiger partial charge in [-0.05, 0) is 17.9 Å². The fourth-order valence-electron chi connectivity index (χ4n) is 1.24. The van der Waals surface area contributed by atoms with Gasteiger partial charge in [0.05, 0.1) is 0 Å². The van der Waals surface area contributed by atoms with E-state index in [1.165, 1.54) is 16.2 Å². The molecule has 0 bridgehead atoms. The maximum absolute atomic E-state index is 11.6. The van der Waals surface area contributed by atoms with Gasteiger partial charge in [-0.1, -0.05) is 6.07 Å². The minimum Gasteiger partial charge on any atom is -0.375 e. The molecule has 0 atom stereocenters. The highest BCUT2D eigenvalue weighted by Crippen LogP contribution is 2.11. The number of nitrogens with one attached hydrogen (secondary N) is 1. The van der Waals surface area contributed by atoms with Gasteiger partial charge < -0.3 is 11.1 Å². The summed E-state index contributed by atoms with van der Waals surface area (Å²) in [5.41, 5.74) is 5.85. The van der Waals surface area contributed by atoms with Crippen LogP contribution in [-0.2, 0) is 6.42 Å². The van der Waals surface area contributed by atoms with Crippen molar-refractivity contribution in [3.8, 4) is 0 Å². The first-order chi connectivity index (χ1) is 7.75. The monoisotopic (exact) mass is 253 g/mol. The van der Waals surface area contributed by atoms with Crippen LogP contribution in [0, 0.1) is 0 Å². The number of nitrogen functional groups attached to an aromatic ring is 1. The van der Waals surface area contributed by atoms with Crippen LogP contribution in [0.15, 0.2) is 22.9 Å². The van der Waals surface area contributed by atoms with Gasteiger partial charge in [-0.2, -0.15) is 0 Å². The van der Waals surface area contributed by atoms with E-state index in [0.29, 0.717) is 17.4 Å². The van der Waals surface area contributed by atoms with E-state index < -0.39 is 0 Å². The minimum atomic E-state index is -0.162. The second kappa shape index (κ2) is 5.09. The molecule has 16 heavy (non-hydrogen) atoms. The fourth-order valence-corrected chi connectivity index (χ4v) is 2.49. The van der Waals surface area contributed by atoms with E-state index in [4.69, 9.17) is 5.73 Å². The van der Waals surface area contributed by atoms with E-state index in [9.17, 15) is 4.79 Å². The normalized spacial score (nSPS) is 10.2. The molecule has 0 aliphatic heterocycles. The summed E-state index contributed by atoms with van der Waals surface area (Å²) in [5.74, 6) is -0.162. The van der Waals surface area contributed by atoms with Gasteiger partial charge in [-0.15, -0.1) is 22.7 Å². The van der Waals surface area contributed by atoms with Crippen LogP contribution in [-0.4, -0.2) is 17.4 Å². The van der Waals surface area contributed by atoms with E-state index in [0.717, 1.165) is 6.42 Å². The van der Waals surface area contributed by atoms with Crippen molar-refractivity contribution in [1.82, 2.24) is 10.3 Å². The molecule has 3 N–H and O–H groups in total. The lowest BCUT2D eigenvalue weighted by Crippen LogP contribution is -2.25. The average molecular weight is 253 g/mol. The van der Waals surface area contributed by atoms with Crippen molar-refractivity contribution in [2.75, 3.05) is 12.3 Å². The summed E-state index contributed by atoms with van der Waals surface area (Å²) in [7, 11) is 0. The maximum atomic E-state index is 11.6. The SMILES string of the molecule is Nc1nc(C(=O)NCCc2cccs2)cs1. The first kappa shape index (κ1) is 11.1. The van der Waals surface area contributed by atoms with Crippen LogP contribution >= 0.6 is 22.7 Å². The standard InChI is InChI=1S/C10H11N3OS2/c11-10-13-8(6-16-10)9(14)12-4-3-7-2-1-5-15-7/h1-2,5-6H,3-4H2,(H2,11,13)(H,12,14). The van der Waals surface area contributed by atoms with Crippen LogP contribution in [0.5, 0.6) is 0 Å². The number of hydrogen-bond donors (Lipinski definition) is 2. The highest BCUT2D eigenvalue weighted by atomic mass is 32.1. The number of anilines is 1. The van der Waals surface area contributed by atoms with Gasteiger partial charge in [-0.3, -0.25) is 4.79 Å². The number of carbonyl (C=O) groups is 1. The van der Waals surface area contributed by atoms with Gasteiger partial charge in [0, 0.05) is 16.8 Å². The topological polar surface area (TPSA) is 68.0 Å². The van der Waals surface area contributed by atoms with Crippen molar-refractivity contribution >= 4 is 33.7 Å². The third-order valence-electron chi connectivity index (χ3n) is 1.99. The fraction of sp³-hybridized carbons (Fsp3) is 0.200. The van der Waals surface area contributed by atoms with Gasteiger partial charge in [-0.25, -0.2) is 4.98 Å². The molecule has 1 amide bonds. The Hall–Kier alpha value is -1.40.